The molecule has 6 nitrogen and oxygen atoms in total. The summed E-state index contributed by atoms with van der Waals surface area (Å²) in [6.45, 7) is 9.34. The van der Waals surface area contributed by atoms with Gasteiger partial charge in [-0.1, -0.05) is 18.6 Å². The van der Waals surface area contributed by atoms with E-state index in [2.05, 4.69) is 9.73 Å². The van der Waals surface area contributed by atoms with Gasteiger partial charge in [-0.15, -0.1) is 13.2 Å². The minimum Gasteiger partial charge on any atom is -0.507 e. The number of carbonyl (C=O) groups excluding carboxylic acids is 1. The van der Waals surface area contributed by atoms with Crippen molar-refractivity contribution in [3.63, 3.8) is 0 Å². The van der Waals surface area contributed by atoms with Crippen LogP contribution in [0.1, 0.15) is 46.6 Å². The third kappa shape index (κ3) is 9.35. The van der Waals surface area contributed by atoms with Crippen molar-refractivity contribution in [1.82, 2.24) is 0 Å². The Kier molecular flexibility index (Phi) is 11.3. The molecule has 0 fully saturated rings. The quantitative estimate of drug-likeness (QED) is 0.128. The summed E-state index contributed by atoms with van der Waals surface area (Å²) < 4.78 is 53.2. The molecule has 192 valence electrons. The molecular formula is C26H32F3NO5. The number of benzene rings is 1. The zero-order valence-electron chi connectivity index (χ0n) is 21.0. The molecule has 0 unspecified atom stereocenters. The molecule has 0 radical (unpaired) electrons. The monoisotopic (exact) mass is 495 g/mol. The van der Waals surface area contributed by atoms with E-state index in [1.165, 1.54) is 44.7 Å². The molecule has 0 spiro atoms. The van der Waals surface area contributed by atoms with E-state index in [1.807, 2.05) is 6.92 Å². The summed E-state index contributed by atoms with van der Waals surface area (Å²) in [5, 5.41) is 10.5. The molecule has 1 rings (SSSR count). The van der Waals surface area contributed by atoms with Crippen molar-refractivity contribution >= 4 is 17.8 Å². The van der Waals surface area contributed by atoms with Crippen molar-refractivity contribution in [1.29, 1.82) is 0 Å². The lowest BCUT2D eigenvalue weighted by molar-refractivity contribution is -0.274. The standard InChI is InChI=1S/C26H32F3NO5/c1-8-11-30-15-22(25(32)34-7)23(31)13-18(5)17(4)12-20(16(2)3)21-14-19(33-6)9-10-24(21)35-26(27,28)29/h9-10,12-15,31H,8,11H2,1-7H3/b17-12+,18-13+,23-22-,30-15?. The summed E-state index contributed by atoms with van der Waals surface area (Å²) in [5.74, 6) is -1.10. The predicted molar refractivity (Wildman–Crippen MR) is 131 cm³/mol. The molecule has 9 heteroatoms. The molecule has 0 aliphatic rings. The van der Waals surface area contributed by atoms with Gasteiger partial charge in [-0.05, 0) is 75.1 Å². The number of rotatable bonds is 10. The van der Waals surface area contributed by atoms with Gasteiger partial charge < -0.3 is 19.3 Å². The molecule has 0 saturated carbocycles. The fraction of sp³-hybridized carbons (Fsp3) is 0.385. The molecule has 0 bridgehead atoms. The Morgan fingerprint density at radius 1 is 1.09 bits per heavy atom. The molecular weight excluding hydrogens is 463 g/mol. The lowest BCUT2D eigenvalue weighted by Crippen LogP contribution is -2.18. The Labute approximate surface area is 204 Å². The molecule has 0 amide bonds. The lowest BCUT2D eigenvalue weighted by Gasteiger charge is -2.17. The minimum absolute atomic E-state index is 0.107. The molecule has 0 aliphatic heterocycles. The second-order valence-corrected chi connectivity index (χ2v) is 7.80. The number of carbonyl (C=O) groups is 1. The predicted octanol–water partition coefficient (Wildman–Crippen LogP) is 6.75. The first-order valence-electron chi connectivity index (χ1n) is 10.8. The molecule has 35 heavy (non-hydrogen) atoms. The second-order valence-electron chi connectivity index (χ2n) is 7.80. The highest BCUT2D eigenvalue weighted by molar-refractivity contribution is 6.10. The number of aliphatic imine (C=N–C) groups is 1. The Morgan fingerprint density at radius 3 is 2.23 bits per heavy atom. The van der Waals surface area contributed by atoms with E-state index in [0.717, 1.165) is 12.0 Å². The summed E-state index contributed by atoms with van der Waals surface area (Å²) in [5.41, 5.74) is 2.48. The van der Waals surface area contributed by atoms with E-state index in [-0.39, 0.29) is 22.6 Å². The smallest absolute Gasteiger partial charge is 0.507 e. The Bertz CT molecular complexity index is 1060. The van der Waals surface area contributed by atoms with E-state index in [9.17, 15) is 23.1 Å². The SMILES string of the molecule is CCCN=C\C(C(=O)OC)=C(O)/C=C(C)/C(C)=C/C(=C(C)C)c1cc(OC)ccc1OC(F)(F)F. The zero-order valence-corrected chi connectivity index (χ0v) is 21.0. The van der Waals surface area contributed by atoms with Gasteiger partial charge in [0.15, 0.2) is 0 Å². The number of allylic oxidation sites excluding steroid dienone is 6. The summed E-state index contributed by atoms with van der Waals surface area (Å²) in [6, 6.07) is 4.04. The van der Waals surface area contributed by atoms with E-state index < -0.39 is 12.3 Å². The van der Waals surface area contributed by atoms with Crippen LogP contribution in [-0.2, 0) is 9.53 Å². The fourth-order valence-corrected chi connectivity index (χ4v) is 2.90. The molecule has 1 N–H and O–H groups in total. The Hall–Kier alpha value is -3.49. The average molecular weight is 496 g/mol. The van der Waals surface area contributed by atoms with Crippen LogP contribution in [0.4, 0.5) is 13.2 Å². The van der Waals surface area contributed by atoms with Gasteiger partial charge in [-0.3, -0.25) is 4.99 Å². The third-order valence-corrected chi connectivity index (χ3v) is 4.83. The van der Waals surface area contributed by atoms with Crippen molar-refractivity contribution in [2.24, 2.45) is 4.99 Å². The van der Waals surface area contributed by atoms with Crippen LogP contribution in [0.2, 0.25) is 0 Å². The Morgan fingerprint density at radius 2 is 1.71 bits per heavy atom. The van der Waals surface area contributed by atoms with Gasteiger partial charge in [0.2, 0.25) is 0 Å². The van der Waals surface area contributed by atoms with Crippen molar-refractivity contribution in [3.05, 3.63) is 64.0 Å². The highest BCUT2D eigenvalue weighted by Crippen LogP contribution is 2.36. The summed E-state index contributed by atoms with van der Waals surface area (Å²) in [7, 11) is 2.61. The van der Waals surface area contributed by atoms with Gasteiger partial charge in [0.05, 0.1) is 14.2 Å². The zero-order chi connectivity index (χ0) is 26.8. The first-order chi connectivity index (χ1) is 16.3. The molecule has 0 atom stereocenters. The fourth-order valence-electron chi connectivity index (χ4n) is 2.90. The van der Waals surface area contributed by atoms with Crippen LogP contribution in [-0.4, -0.2) is 44.4 Å². The van der Waals surface area contributed by atoms with E-state index in [1.54, 1.807) is 33.8 Å². The molecule has 0 heterocycles. The van der Waals surface area contributed by atoms with Crippen LogP contribution < -0.4 is 9.47 Å². The van der Waals surface area contributed by atoms with Crippen LogP contribution in [0.25, 0.3) is 5.57 Å². The van der Waals surface area contributed by atoms with Gasteiger partial charge in [0.25, 0.3) is 0 Å². The van der Waals surface area contributed by atoms with Gasteiger partial charge in [-0.25, -0.2) is 4.79 Å². The molecule has 0 aliphatic carbocycles. The normalized spacial score (nSPS) is 13.4. The van der Waals surface area contributed by atoms with E-state index >= 15 is 0 Å². The summed E-state index contributed by atoms with van der Waals surface area (Å²) in [4.78, 5) is 16.1. The average Bonchev–Trinajstić information content (AvgIpc) is 2.78. The number of nitrogens with zero attached hydrogens (tertiary/aromatic N) is 1. The minimum atomic E-state index is -4.87. The van der Waals surface area contributed by atoms with Crippen molar-refractivity contribution in [2.75, 3.05) is 20.8 Å². The third-order valence-electron chi connectivity index (χ3n) is 4.83. The number of esters is 1. The van der Waals surface area contributed by atoms with Crippen molar-refractivity contribution < 1.29 is 37.3 Å². The van der Waals surface area contributed by atoms with Crippen LogP contribution in [0, 0.1) is 0 Å². The number of ether oxygens (including phenoxy) is 3. The maximum Gasteiger partial charge on any atom is 0.573 e. The van der Waals surface area contributed by atoms with Crippen LogP contribution >= 0.6 is 0 Å². The van der Waals surface area contributed by atoms with Gasteiger partial charge in [-0.2, -0.15) is 0 Å². The molecule has 1 aromatic carbocycles. The molecule has 0 aromatic heterocycles. The number of hydrogen-bond donors (Lipinski definition) is 1. The van der Waals surface area contributed by atoms with E-state index in [4.69, 9.17) is 9.47 Å². The van der Waals surface area contributed by atoms with Crippen molar-refractivity contribution in [2.45, 2.75) is 47.4 Å². The van der Waals surface area contributed by atoms with Gasteiger partial charge in [0.1, 0.15) is 22.8 Å². The van der Waals surface area contributed by atoms with Crippen LogP contribution in [0.15, 0.2) is 63.4 Å². The highest BCUT2D eigenvalue weighted by atomic mass is 19.4. The maximum absolute atomic E-state index is 13.0. The Balaban J connectivity index is 3.58. The van der Waals surface area contributed by atoms with Crippen molar-refractivity contribution in [3.8, 4) is 11.5 Å². The first kappa shape index (κ1) is 29.5. The molecule has 0 saturated heterocycles. The maximum atomic E-state index is 13.0. The topological polar surface area (TPSA) is 77.4 Å². The number of halogens is 3. The van der Waals surface area contributed by atoms with E-state index in [0.29, 0.717) is 29.0 Å². The highest BCUT2D eigenvalue weighted by Gasteiger charge is 2.32. The first-order valence-corrected chi connectivity index (χ1v) is 10.8. The number of aliphatic hydroxyl groups excluding tert-OH is 1. The summed E-state index contributed by atoms with van der Waals surface area (Å²) >= 11 is 0. The number of alkyl halides is 3. The number of hydrogen-bond acceptors (Lipinski definition) is 6. The lowest BCUT2D eigenvalue weighted by atomic mass is 9.95. The van der Waals surface area contributed by atoms with Crippen LogP contribution in [0.3, 0.4) is 0 Å². The van der Waals surface area contributed by atoms with Gasteiger partial charge in [0, 0.05) is 18.3 Å². The van der Waals surface area contributed by atoms with Crippen LogP contribution in [0.5, 0.6) is 11.5 Å². The largest absolute Gasteiger partial charge is 0.573 e. The van der Waals surface area contributed by atoms with Gasteiger partial charge >= 0.3 is 12.3 Å². The molecule has 1 aromatic rings. The number of aliphatic hydroxyl groups is 1. The second kappa shape index (κ2) is 13.4. The number of methoxy groups -OCH3 is 2. The summed E-state index contributed by atoms with van der Waals surface area (Å²) in [6.07, 6.45) is 0.196.